The number of hydrogen-bond acceptors (Lipinski definition) is 4. The Morgan fingerprint density at radius 1 is 1.15 bits per heavy atom. The Morgan fingerprint density at radius 2 is 2.00 bits per heavy atom. The number of hydrogen-bond donors (Lipinski definition) is 1. The topological polar surface area (TPSA) is 32.5 Å². The van der Waals surface area contributed by atoms with E-state index in [4.69, 9.17) is 5.73 Å². The van der Waals surface area contributed by atoms with Gasteiger partial charge in [-0.15, -0.1) is 11.3 Å². The summed E-state index contributed by atoms with van der Waals surface area (Å²) in [7, 11) is 2.22. The van der Waals surface area contributed by atoms with Crippen molar-refractivity contribution in [3.63, 3.8) is 0 Å². The normalized spacial score (nSPS) is 18.5. The van der Waals surface area contributed by atoms with Gasteiger partial charge in [-0.1, -0.05) is 18.2 Å². The van der Waals surface area contributed by atoms with Crippen molar-refractivity contribution in [2.24, 2.45) is 5.73 Å². The van der Waals surface area contributed by atoms with Crippen LogP contribution >= 0.6 is 11.3 Å². The lowest BCUT2D eigenvalue weighted by atomic mass is 10.1. The van der Waals surface area contributed by atoms with Gasteiger partial charge in [-0.3, -0.25) is 4.90 Å². The second-order valence-electron chi connectivity index (χ2n) is 5.64. The lowest BCUT2D eigenvalue weighted by molar-refractivity contribution is 0.270. The molecule has 1 aromatic heterocycles. The lowest BCUT2D eigenvalue weighted by Gasteiger charge is -2.20. The number of benzene rings is 1. The highest BCUT2D eigenvalue weighted by atomic mass is 32.1. The van der Waals surface area contributed by atoms with Gasteiger partial charge in [0.1, 0.15) is 0 Å². The van der Waals surface area contributed by atoms with E-state index in [2.05, 4.69) is 41.1 Å². The molecule has 3 nitrogen and oxygen atoms in total. The van der Waals surface area contributed by atoms with Crippen LogP contribution in [0.4, 0.5) is 0 Å². The number of nitrogens with zero attached hydrogens (tertiary/aromatic N) is 2. The largest absolute Gasteiger partial charge is 0.326 e. The molecule has 4 heteroatoms. The zero-order valence-corrected chi connectivity index (χ0v) is 13.0. The van der Waals surface area contributed by atoms with Gasteiger partial charge in [0, 0.05) is 35.8 Å². The maximum absolute atomic E-state index is 5.96. The number of thiophene rings is 1. The second-order valence-corrected chi connectivity index (χ2v) is 6.77. The van der Waals surface area contributed by atoms with Crippen LogP contribution in [0.5, 0.6) is 0 Å². The molecule has 0 radical (unpaired) electrons. The molecule has 1 aliphatic heterocycles. The molecule has 0 spiro atoms. The van der Waals surface area contributed by atoms with E-state index in [9.17, 15) is 0 Å². The summed E-state index contributed by atoms with van der Waals surface area (Å²) in [5, 5.41) is 1.40. The van der Waals surface area contributed by atoms with Crippen molar-refractivity contribution in [2.45, 2.75) is 19.5 Å². The molecule has 2 heterocycles. The Kier molecular flexibility index (Phi) is 4.36. The molecule has 0 saturated carbocycles. The number of rotatable bonds is 3. The SMILES string of the molecule is CN1CCCN(Cc2c(CN)sc3ccccc23)CC1. The van der Waals surface area contributed by atoms with Crippen molar-refractivity contribution in [3.8, 4) is 0 Å². The minimum Gasteiger partial charge on any atom is -0.326 e. The first-order valence-electron chi connectivity index (χ1n) is 7.38. The molecular formula is C16H23N3S. The smallest absolute Gasteiger partial charge is 0.0349 e. The van der Waals surface area contributed by atoms with E-state index in [1.807, 2.05) is 11.3 Å². The fourth-order valence-electron chi connectivity index (χ4n) is 2.97. The van der Waals surface area contributed by atoms with Crippen molar-refractivity contribution in [2.75, 3.05) is 33.2 Å². The van der Waals surface area contributed by atoms with E-state index in [0.717, 1.165) is 13.1 Å². The molecule has 2 N–H and O–H groups in total. The second kappa shape index (κ2) is 6.22. The van der Waals surface area contributed by atoms with Crippen molar-refractivity contribution in [1.29, 1.82) is 0 Å². The van der Waals surface area contributed by atoms with Gasteiger partial charge in [-0.05, 0) is 43.6 Å². The molecular weight excluding hydrogens is 266 g/mol. The van der Waals surface area contributed by atoms with Gasteiger partial charge in [0.25, 0.3) is 0 Å². The molecule has 0 atom stereocenters. The van der Waals surface area contributed by atoms with Crippen molar-refractivity contribution in [1.82, 2.24) is 9.80 Å². The van der Waals surface area contributed by atoms with Crippen LogP contribution in [-0.2, 0) is 13.1 Å². The fraction of sp³-hybridized carbons (Fsp3) is 0.500. The lowest BCUT2D eigenvalue weighted by Crippen LogP contribution is -2.28. The van der Waals surface area contributed by atoms with Crippen LogP contribution in [-0.4, -0.2) is 43.0 Å². The highest BCUT2D eigenvalue weighted by molar-refractivity contribution is 7.19. The maximum Gasteiger partial charge on any atom is 0.0349 e. The Bertz CT molecular complexity index is 578. The maximum atomic E-state index is 5.96. The van der Waals surface area contributed by atoms with Crippen molar-refractivity contribution < 1.29 is 0 Å². The van der Waals surface area contributed by atoms with Crippen LogP contribution < -0.4 is 5.73 Å². The molecule has 0 amide bonds. The molecule has 1 fully saturated rings. The van der Waals surface area contributed by atoms with E-state index in [-0.39, 0.29) is 0 Å². The van der Waals surface area contributed by atoms with Gasteiger partial charge in [0.15, 0.2) is 0 Å². The van der Waals surface area contributed by atoms with Gasteiger partial charge in [0.05, 0.1) is 0 Å². The molecule has 1 saturated heterocycles. The average Bonchev–Trinajstić information content (AvgIpc) is 2.69. The van der Waals surface area contributed by atoms with Crippen LogP contribution in [0.15, 0.2) is 24.3 Å². The number of nitrogens with two attached hydrogens (primary N) is 1. The van der Waals surface area contributed by atoms with E-state index in [1.54, 1.807) is 0 Å². The summed E-state index contributed by atoms with van der Waals surface area (Å²) in [5.74, 6) is 0. The summed E-state index contributed by atoms with van der Waals surface area (Å²) in [6, 6.07) is 8.70. The predicted molar refractivity (Wildman–Crippen MR) is 87.1 cm³/mol. The van der Waals surface area contributed by atoms with E-state index < -0.39 is 0 Å². The van der Waals surface area contributed by atoms with Gasteiger partial charge in [-0.2, -0.15) is 0 Å². The third kappa shape index (κ3) is 2.88. The zero-order chi connectivity index (χ0) is 13.9. The van der Waals surface area contributed by atoms with E-state index in [0.29, 0.717) is 6.54 Å². The summed E-state index contributed by atoms with van der Waals surface area (Å²) in [6.07, 6.45) is 1.26. The first-order valence-corrected chi connectivity index (χ1v) is 8.20. The predicted octanol–water partition coefficient (Wildman–Crippen LogP) is 2.50. The zero-order valence-electron chi connectivity index (χ0n) is 12.1. The Hall–Kier alpha value is -0.940. The summed E-state index contributed by atoms with van der Waals surface area (Å²) in [5.41, 5.74) is 7.41. The number of likely N-dealkylation sites (N-methyl/N-ethyl adjacent to an activating group) is 1. The molecule has 0 unspecified atom stereocenters. The molecule has 2 aromatic rings. The van der Waals surface area contributed by atoms with Crippen molar-refractivity contribution in [3.05, 3.63) is 34.7 Å². The highest BCUT2D eigenvalue weighted by Crippen LogP contribution is 2.32. The summed E-state index contributed by atoms with van der Waals surface area (Å²) in [4.78, 5) is 6.36. The van der Waals surface area contributed by atoms with Gasteiger partial charge >= 0.3 is 0 Å². The average molecular weight is 289 g/mol. The molecule has 108 valence electrons. The third-order valence-electron chi connectivity index (χ3n) is 4.16. The Labute approximate surface area is 125 Å². The van der Waals surface area contributed by atoms with Crippen LogP contribution in [0.1, 0.15) is 16.9 Å². The number of fused-ring (bicyclic) bond motifs is 1. The summed E-state index contributed by atoms with van der Waals surface area (Å²) >= 11 is 1.86. The highest BCUT2D eigenvalue weighted by Gasteiger charge is 2.17. The van der Waals surface area contributed by atoms with Gasteiger partial charge < -0.3 is 10.6 Å². The molecule has 1 aliphatic rings. The minimum absolute atomic E-state index is 0.655. The van der Waals surface area contributed by atoms with Crippen LogP contribution in [0.3, 0.4) is 0 Å². The minimum atomic E-state index is 0.655. The summed E-state index contributed by atoms with van der Waals surface area (Å²) in [6.45, 7) is 6.43. The molecule has 20 heavy (non-hydrogen) atoms. The molecule has 1 aromatic carbocycles. The Morgan fingerprint density at radius 3 is 2.85 bits per heavy atom. The quantitative estimate of drug-likeness (QED) is 0.942. The first-order chi connectivity index (χ1) is 9.78. The fourth-order valence-corrected chi connectivity index (χ4v) is 4.06. The van der Waals surface area contributed by atoms with Gasteiger partial charge in [0.2, 0.25) is 0 Å². The van der Waals surface area contributed by atoms with Crippen LogP contribution in [0.25, 0.3) is 10.1 Å². The summed E-state index contributed by atoms with van der Waals surface area (Å²) < 4.78 is 1.37. The molecule has 0 aliphatic carbocycles. The molecule has 0 bridgehead atoms. The Balaban J connectivity index is 1.85. The van der Waals surface area contributed by atoms with Gasteiger partial charge in [-0.25, -0.2) is 0 Å². The first kappa shape index (κ1) is 14.0. The molecule has 3 rings (SSSR count). The van der Waals surface area contributed by atoms with Crippen LogP contribution in [0.2, 0.25) is 0 Å². The van der Waals surface area contributed by atoms with Crippen molar-refractivity contribution >= 4 is 21.4 Å². The third-order valence-corrected chi connectivity index (χ3v) is 5.40. The monoisotopic (exact) mass is 289 g/mol. The van der Waals surface area contributed by atoms with E-state index in [1.165, 1.54) is 46.6 Å². The van der Waals surface area contributed by atoms with E-state index >= 15 is 0 Å². The standard InChI is InChI=1S/C16H23N3S/c1-18-7-4-8-19(10-9-18)12-14-13-5-2-3-6-15(13)20-16(14)11-17/h2-3,5-6H,4,7-12,17H2,1H3. The van der Waals surface area contributed by atoms with Crippen LogP contribution in [0, 0.1) is 0 Å².